The van der Waals surface area contributed by atoms with Crippen LogP contribution in [0.2, 0.25) is 0 Å². The second-order valence-electron chi connectivity index (χ2n) is 21.2. The van der Waals surface area contributed by atoms with Crippen molar-refractivity contribution < 1.29 is 25.8 Å². The Morgan fingerprint density at radius 3 is 1.78 bits per heavy atom. The first-order chi connectivity index (χ1) is 32.0. The normalized spacial score (nSPS) is 13.2. The molecule has 1 aliphatic rings. The predicted molar refractivity (Wildman–Crippen MR) is 279 cm³/mol. The summed E-state index contributed by atoms with van der Waals surface area (Å²) < 4.78 is 9.13. The van der Waals surface area contributed by atoms with E-state index in [0.29, 0.717) is 11.5 Å². The molecule has 0 bridgehead atoms. The number of hydrogen-bond donors (Lipinski definition) is 0. The maximum Gasteiger partial charge on any atom is 0.135 e. The van der Waals surface area contributed by atoms with Crippen LogP contribution in [0.15, 0.2) is 170 Å². The van der Waals surface area contributed by atoms with E-state index in [2.05, 4.69) is 260 Å². The minimum atomic E-state index is -0.233. The monoisotopic (exact) mass is 1070 g/mol. The number of fused-ring (bicyclic) bond motifs is 4. The largest absolute Gasteiger partial charge is 0.509 e. The van der Waals surface area contributed by atoms with Crippen LogP contribution in [0.25, 0.3) is 27.6 Å². The second kappa shape index (κ2) is 17.6. The summed E-state index contributed by atoms with van der Waals surface area (Å²) in [4.78, 5) is 9.57. The average molecular weight is 1070 g/mol. The van der Waals surface area contributed by atoms with Gasteiger partial charge in [-0.15, -0.1) is 53.6 Å². The van der Waals surface area contributed by atoms with E-state index in [1.807, 2.05) is 12.3 Å². The van der Waals surface area contributed by atoms with Gasteiger partial charge in [0.15, 0.2) is 0 Å². The van der Waals surface area contributed by atoms with Crippen LogP contribution in [-0.2, 0) is 42.7 Å². The van der Waals surface area contributed by atoms with E-state index in [1.54, 1.807) is 0 Å². The Hall–Kier alpha value is -6.42. The fraction of sp³-hybridized carbons (Fsp3) is 0.226. The minimum absolute atomic E-state index is 0. The topological polar surface area (TPSA) is 33.5 Å². The number of aromatic nitrogens is 2. The molecule has 0 saturated heterocycles. The molecule has 0 radical (unpaired) electrons. The molecule has 0 aliphatic carbocycles. The van der Waals surface area contributed by atoms with Gasteiger partial charge in [0.2, 0.25) is 0 Å². The van der Waals surface area contributed by atoms with E-state index in [-0.39, 0.29) is 42.7 Å². The molecule has 0 fully saturated rings. The molecule has 346 valence electrons. The summed E-state index contributed by atoms with van der Waals surface area (Å²) in [5, 5.41) is 2.22. The third kappa shape index (κ3) is 8.56. The number of nitrogens with zero attached hydrogens (tertiary/aromatic N) is 4. The zero-order valence-electron chi connectivity index (χ0n) is 40.8. The van der Waals surface area contributed by atoms with E-state index in [9.17, 15) is 0 Å². The first kappa shape index (κ1) is 46.7. The maximum absolute atomic E-state index is 6.91. The fourth-order valence-corrected chi connectivity index (χ4v) is 9.48. The molecule has 5 nitrogen and oxygen atoms in total. The van der Waals surface area contributed by atoms with Gasteiger partial charge in [0.25, 0.3) is 0 Å². The van der Waals surface area contributed by atoms with E-state index in [0.717, 1.165) is 55.9 Å². The standard InChI is InChI=1S/C62H59N4O.Pt/c1-59(2,3)44-24-19-25-48(34-44)64-41-65(55-31-28-45(37-57(55)64)61(7,8)42-20-13-11-14-21-42)49-35-47(60(4,5)6)36-51(39-49)67-50-29-30-53-52-26-17-18-27-54(52)66(56(53)40-50)58-38-46(32-33-63-58)62(9,10)43-22-15-12-16-23-43;/h11-38,41H,1-10H3;/q-3;. The van der Waals surface area contributed by atoms with Gasteiger partial charge in [0.05, 0.1) is 0 Å². The van der Waals surface area contributed by atoms with Crippen molar-refractivity contribution in [1.29, 1.82) is 0 Å². The maximum atomic E-state index is 6.91. The third-order valence-corrected chi connectivity index (χ3v) is 13.9. The van der Waals surface area contributed by atoms with E-state index in [4.69, 9.17) is 9.72 Å². The van der Waals surface area contributed by atoms with Crippen molar-refractivity contribution in [1.82, 2.24) is 9.55 Å². The number of anilines is 4. The number of rotatable bonds is 9. The summed E-state index contributed by atoms with van der Waals surface area (Å²) in [5.41, 5.74) is 12.9. The Kier molecular flexibility index (Phi) is 12.1. The molecule has 0 amide bonds. The van der Waals surface area contributed by atoms with Gasteiger partial charge in [-0.3, -0.25) is 0 Å². The van der Waals surface area contributed by atoms with Gasteiger partial charge in [-0.05, 0) is 86.5 Å². The molecule has 7 aromatic carbocycles. The van der Waals surface area contributed by atoms with Crippen molar-refractivity contribution >= 4 is 44.6 Å². The van der Waals surface area contributed by atoms with E-state index in [1.165, 1.54) is 27.8 Å². The molecular weight excluding hydrogens is 1010 g/mol. The molecule has 0 N–H and O–H groups in total. The van der Waals surface area contributed by atoms with Crippen molar-refractivity contribution in [2.75, 3.05) is 9.80 Å². The van der Waals surface area contributed by atoms with Crippen LogP contribution >= 0.6 is 0 Å². The first-order valence-electron chi connectivity index (χ1n) is 23.4. The SMILES string of the molecule is CC(C)(C)c1cc(Oc2[c-]c3c(cc2)c2ccccc2n3-c2cc(C(C)(C)c3ccccc3)ccn2)[c-]c(N2[CH-]N(c3cccc(C(C)(C)C)c3)c3cc(C(C)(C)c4ccccc4)ccc32)c1.[Pt]. The van der Waals surface area contributed by atoms with Gasteiger partial charge in [0, 0.05) is 72.2 Å². The molecule has 0 spiro atoms. The number of pyridine rings is 1. The summed E-state index contributed by atoms with van der Waals surface area (Å²) >= 11 is 0. The summed E-state index contributed by atoms with van der Waals surface area (Å²) in [6, 6.07) is 66.1. The Balaban J connectivity index is 0.00000578. The van der Waals surface area contributed by atoms with Gasteiger partial charge in [0.1, 0.15) is 5.82 Å². The van der Waals surface area contributed by atoms with Crippen LogP contribution in [0.4, 0.5) is 22.7 Å². The number of hydrogen-bond acceptors (Lipinski definition) is 4. The van der Waals surface area contributed by atoms with Crippen LogP contribution < -0.4 is 14.5 Å². The second-order valence-corrected chi connectivity index (χ2v) is 21.2. The summed E-state index contributed by atoms with van der Waals surface area (Å²) in [5.74, 6) is 2.06. The zero-order valence-corrected chi connectivity index (χ0v) is 43.0. The number of ether oxygens (including phenoxy) is 1. The summed E-state index contributed by atoms with van der Waals surface area (Å²) in [6.07, 6.45) is 1.92. The van der Waals surface area contributed by atoms with Gasteiger partial charge in [-0.2, -0.15) is 6.07 Å². The van der Waals surface area contributed by atoms with E-state index >= 15 is 0 Å². The molecule has 2 aromatic heterocycles. The van der Waals surface area contributed by atoms with Crippen LogP contribution in [0, 0.1) is 18.8 Å². The quantitative estimate of drug-likeness (QED) is 0.135. The molecule has 10 rings (SSSR count). The van der Waals surface area contributed by atoms with Crippen molar-refractivity contribution in [3.8, 4) is 17.3 Å². The van der Waals surface area contributed by atoms with Gasteiger partial charge >= 0.3 is 0 Å². The smallest absolute Gasteiger partial charge is 0.135 e. The number of para-hydroxylation sites is 1. The van der Waals surface area contributed by atoms with Crippen LogP contribution in [0.5, 0.6) is 11.5 Å². The van der Waals surface area contributed by atoms with E-state index < -0.39 is 0 Å². The van der Waals surface area contributed by atoms with Gasteiger partial charge in [-0.1, -0.05) is 172 Å². The van der Waals surface area contributed by atoms with Crippen LogP contribution in [0.1, 0.15) is 103 Å². The number of benzene rings is 7. The van der Waals surface area contributed by atoms with Crippen molar-refractivity contribution in [3.05, 3.63) is 222 Å². The molecule has 0 unspecified atom stereocenters. The Bertz CT molecular complexity index is 3280. The molecule has 0 saturated carbocycles. The van der Waals surface area contributed by atoms with Crippen LogP contribution in [0.3, 0.4) is 0 Å². The minimum Gasteiger partial charge on any atom is -0.509 e. The molecule has 9 aromatic rings. The van der Waals surface area contributed by atoms with Gasteiger partial charge in [-0.25, -0.2) is 4.98 Å². The summed E-state index contributed by atoms with van der Waals surface area (Å²) in [7, 11) is 0. The first-order valence-corrected chi connectivity index (χ1v) is 23.4. The van der Waals surface area contributed by atoms with Gasteiger partial charge < -0.3 is 19.1 Å². The molecule has 68 heavy (non-hydrogen) atoms. The summed E-state index contributed by atoms with van der Waals surface area (Å²) in [6.45, 7) is 24.9. The van der Waals surface area contributed by atoms with Crippen molar-refractivity contribution in [2.24, 2.45) is 0 Å². The molecule has 0 atom stereocenters. The average Bonchev–Trinajstić information content (AvgIpc) is 3.87. The van der Waals surface area contributed by atoms with Crippen LogP contribution in [-0.4, -0.2) is 9.55 Å². The Morgan fingerprint density at radius 2 is 1.10 bits per heavy atom. The Labute approximate surface area is 417 Å². The molecule has 1 aliphatic heterocycles. The van der Waals surface area contributed by atoms with Crippen molar-refractivity contribution in [2.45, 2.75) is 90.9 Å². The predicted octanol–water partition coefficient (Wildman–Crippen LogP) is 16.2. The third-order valence-electron chi connectivity index (χ3n) is 13.9. The fourth-order valence-electron chi connectivity index (χ4n) is 9.48. The molecule has 3 heterocycles. The Morgan fingerprint density at radius 1 is 0.471 bits per heavy atom. The molecular formula is C62H59N4OPt-3. The molecule has 6 heteroatoms. The van der Waals surface area contributed by atoms with Crippen molar-refractivity contribution in [3.63, 3.8) is 0 Å². The zero-order chi connectivity index (χ0) is 46.9.